The number of halogens is 1. The summed E-state index contributed by atoms with van der Waals surface area (Å²) in [7, 11) is 1.69. The molecule has 2 aliphatic rings. The van der Waals surface area contributed by atoms with Crippen LogP contribution in [-0.2, 0) is 14.2 Å². The fourth-order valence-corrected chi connectivity index (χ4v) is 4.49. The maximum atomic E-state index is 5.86. The van der Waals surface area contributed by atoms with Crippen LogP contribution in [0.1, 0.15) is 44.2 Å². The lowest BCUT2D eigenvalue weighted by Gasteiger charge is -2.35. The van der Waals surface area contributed by atoms with Gasteiger partial charge in [-0.25, -0.2) is 9.50 Å². The first kappa shape index (κ1) is 18.2. The Kier molecular flexibility index (Phi) is 5.18. The van der Waals surface area contributed by atoms with Gasteiger partial charge in [-0.15, -0.1) is 5.10 Å². The van der Waals surface area contributed by atoms with Crippen molar-refractivity contribution in [3.8, 4) is 0 Å². The zero-order valence-corrected chi connectivity index (χ0v) is 16.8. The van der Waals surface area contributed by atoms with Gasteiger partial charge in [0.05, 0.1) is 31.5 Å². The first-order chi connectivity index (χ1) is 12.6. The zero-order valence-electron chi connectivity index (χ0n) is 15.2. The molecule has 7 nitrogen and oxygen atoms in total. The van der Waals surface area contributed by atoms with Crippen LogP contribution in [0.3, 0.4) is 0 Å². The van der Waals surface area contributed by atoms with Crippen LogP contribution in [0.4, 0.5) is 5.95 Å². The number of aromatic nitrogens is 3. The van der Waals surface area contributed by atoms with Crippen molar-refractivity contribution in [1.29, 1.82) is 0 Å². The molecule has 3 heterocycles. The van der Waals surface area contributed by atoms with Gasteiger partial charge in [0.15, 0.2) is 5.79 Å². The number of fused-ring (bicyclic) bond motifs is 1. The quantitative estimate of drug-likeness (QED) is 0.793. The molecule has 1 spiro atoms. The molecule has 8 heteroatoms. The van der Waals surface area contributed by atoms with E-state index in [-0.39, 0.29) is 11.8 Å². The minimum Gasteiger partial charge on any atom is -0.383 e. The second-order valence-electron chi connectivity index (χ2n) is 7.18. The molecule has 1 aliphatic heterocycles. The number of hydrogen-bond acceptors (Lipinski definition) is 6. The monoisotopic (exact) mass is 424 g/mol. The van der Waals surface area contributed by atoms with E-state index in [0.29, 0.717) is 31.7 Å². The number of anilines is 1. The van der Waals surface area contributed by atoms with Gasteiger partial charge in [-0.1, -0.05) is 0 Å². The zero-order chi connectivity index (χ0) is 18.1. The van der Waals surface area contributed by atoms with Crippen molar-refractivity contribution in [2.75, 3.05) is 32.2 Å². The van der Waals surface area contributed by atoms with Crippen LogP contribution < -0.4 is 5.32 Å². The fourth-order valence-electron chi connectivity index (χ4n) is 3.98. The second kappa shape index (κ2) is 7.42. The third-order valence-electron chi connectivity index (χ3n) is 5.27. The molecule has 0 aromatic carbocycles. The van der Waals surface area contributed by atoms with Gasteiger partial charge in [-0.05, 0) is 41.8 Å². The SMILES string of the molecule is COC[C@H](C)Nc1ncc2c(Br)cc(C3CCC4(CC3)OCCO4)n2n1. The highest BCUT2D eigenvalue weighted by atomic mass is 79.9. The van der Waals surface area contributed by atoms with Gasteiger partial charge >= 0.3 is 0 Å². The predicted octanol–water partition coefficient (Wildman–Crippen LogP) is 3.34. The highest BCUT2D eigenvalue weighted by Crippen LogP contribution is 2.43. The molecular formula is C18H25BrN4O3. The van der Waals surface area contributed by atoms with Crippen LogP contribution in [0.15, 0.2) is 16.7 Å². The normalized spacial score (nSPS) is 21.5. The van der Waals surface area contributed by atoms with E-state index in [4.69, 9.17) is 19.3 Å². The van der Waals surface area contributed by atoms with Gasteiger partial charge in [0.2, 0.25) is 5.95 Å². The summed E-state index contributed by atoms with van der Waals surface area (Å²) in [6.45, 7) is 4.08. The van der Waals surface area contributed by atoms with Crippen LogP contribution in [0.2, 0.25) is 0 Å². The van der Waals surface area contributed by atoms with Crippen molar-refractivity contribution < 1.29 is 14.2 Å². The van der Waals surface area contributed by atoms with Crippen molar-refractivity contribution in [2.45, 2.75) is 50.4 Å². The Morgan fingerprint density at radius 1 is 1.38 bits per heavy atom. The average molecular weight is 425 g/mol. The third kappa shape index (κ3) is 3.47. The molecule has 0 unspecified atom stereocenters. The van der Waals surface area contributed by atoms with Crippen molar-refractivity contribution in [1.82, 2.24) is 14.6 Å². The standard InChI is InChI=1S/C18H25BrN4O3/c1-12(11-24-2)21-17-20-10-16-14(19)9-15(23(16)22-17)13-3-5-18(6-4-13)25-7-8-26-18/h9-10,12-13H,3-8,11H2,1-2H3,(H,21,22)/t12-/m0/s1. The van der Waals surface area contributed by atoms with Crippen molar-refractivity contribution in [2.24, 2.45) is 0 Å². The van der Waals surface area contributed by atoms with Gasteiger partial charge < -0.3 is 19.5 Å². The number of nitrogens with zero attached hydrogens (tertiary/aromatic N) is 3. The van der Waals surface area contributed by atoms with Crippen molar-refractivity contribution >= 4 is 27.4 Å². The first-order valence-electron chi connectivity index (χ1n) is 9.18. The molecule has 1 saturated carbocycles. The van der Waals surface area contributed by atoms with Crippen LogP contribution >= 0.6 is 15.9 Å². The minimum atomic E-state index is -0.335. The topological polar surface area (TPSA) is 69.9 Å². The summed E-state index contributed by atoms with van der Waals surface area (Å²) in [5.74, 6) is 0.713. The van der Waals surface area contributed by atoms with E-state index < -0.39 is 0 Å². The molecule has 2 aromatic heterocycles. The molecule has 2 aromatic rings. The van der Waals surface area contributed by atoms with Gasteiger partial charge in [0, 0.05) is 42.1 Å². The summed E-state index contributed by atoms with van der Waals surface area (Å²) in [4.78, 5) is 4.44. The van der Waals surface area contributed by atoms with E-state index in [1.54, 1.807) is 7.11 Å². The first-order valence-corrected chi connectivity index (χ1v) is 9.97. The maximum absolute atomic E-state index is 5.86. The average Bonchev–Trinajstić information content (AvgIpc) is 3.21. The molecule has 1 atom stereocenters. The summed E-state index contributed by atoms with van der Waals surface area (Å²) in [6, 6.07) is 2.32. The lowest BCUT2D eigenvalue weighted by molar-refractivity contribution is -0.179. The Morgan fingerprint density at radius 2 is 2.12 bits per heavy atom. The van der Waals surface area contributed by atoms with Crippen LogP contribution in [0.25, 0.3) is 5.52 Å². The fraction of sp³-hybridized carbons (Fsp3) is 0.667. The number of nitrogens with one attached hydrogen (secondary N) is 1. The summed E-state index contributed by atoms with van der Waals surface area (Å²) in [5, 5.41) is 8.02. The number of methoxy groups -OCH3 is 1. The molecule has 1 N–H and O–H groups in total. The molecule has 0 bridgehead atoms. The lowest BCUT2D eigenvalue weighted by atomic mass is 9.83. The largest absolute Gasteiger partial charge is 0.383 e. The molecule has 4 rings (SSSR count). The van der Waals surface area contributed by atoms with Crippen LogP contribution in [-0.4, -0.2) is 53.4 Å². The molecule has 0 radical (unpaired) electrons. The molecule has 26 heavy (non-hydrogen) atoms. The molecular weight excluding hydrogens is 400 g/mol. The van der Waals surface area contributed by atoms with E-state index in [1.165, 1.54) is 5.69 Å². The maximum Gasteiger partial charge on any atom is 0.241 e. The third-order valence-corrected chi connectivity index (χ3v) is 5.90. The summed E-state index contributed by atoms with van der Waals surface area (Å²) < 4.78 is 19.9. The van der Waals surface area contributed by atoms with Gasteiger partial charge in [-0.3, -0.25) is 0 Å². The van der Waals surface area contributed by atoms with E-state index in [9.17, 15) is 0 Å². The van der Waals surface area contributed by atoms with E-state index >= 15 is 0 Å². The summed E-state index contributed by atoms with van der Waals surface area (Å²) >= 11 is 3.65. The Morgan fingerprint density at radius 3 is 2.81 bits per heavy atom. The second-order valence-corrected chi connectivity index (χ2v) is 8.03. The van der Waals surface area contributed by atoms with E-state index in [1.807, 2.05) is 17.6 Å². The van der Waals surface area contributed by atoms with Gasteiger partial charge in [0.1, 0.15) is 0 Å². The summed E-state index contributed by atoms with van der Waals surface area (Å²) in [5.41, 5.74) is 2.20. The highest BCUT2D eigenvalue weighted by molar-refractivity contribution is 9.10. The highest BCUT2D eigenvalue weighted by Gasteiger charge is 2.41. The lowest BCUT2D eigenvalue weighted by Crippen LogP contribution is -2.34. The minimum absolute atomic E-state index is 0.145. The number of ether oxygens (including phenoxy) is 3. The molecule has 0 amide bonds. The van der Waals surface area contributed by atoms with Crippen molar-refractivity contribution in [3.05, 3.63) is 22.4 Å². The Hall–Kier alpha value is -1.22. The molecule has 1 aliphatic carbocycles. The number of hydrogen-bond donors (Lipinski definition) is 1. The van der Waals surface area contributed by atoms with Gasteiger partial charge in [-0.2, -0.15) is 0 Å². The molecule has 1 saturated heterocycles. The molecule has 2 fully saturated rings. The predicted molar refractivity (Wildman–Crippen MR) is 101 cm³/mol. The Balaban J connectivity index is 1.56. The van der Waals surface area contributed by atoms with Crippen molar-refractivity contribution in [3.63, 3.8) is 0 Å². The van der Waals surface area contributed by atoms with Crippen LogP contribution in [0, 0.1) is 0 Å². The smallest absolute Gasteiger partial charge is 0.241 e. The Labute approximate surface area is 161 Å². The molecule has 142 valence electrons. The van der Waals surface area contributed by atoms with Crippen LogP contribution in [0.5, 0.6) is 0 Å². The Bertz CT molecular complexity index is 765. The van der Waals surface area contributed by atoms with E-state index in [2.05, 4.69) is 32.3 Å². The summed E-state index contributed by atoms with van der Waals surface area (Å²) in [6.07, 6.45) is 5.79. The number of rotatable bonds is 5. The van der Waals surface area contributed by atoms with E-state index in [0.717, 1.165) is 35.7 Å². The van der Waals surface area contributed by atoms with Gasteiger partial charge in [0.25, 0.3) is 0 Å².